The highest BCUT2D eigenvalue weighted by Gasteiger charge is 2.19. The van der Waals surface area contributed by atoms with E-state index in [-0.39, 0.29) is 11.9 Å². The van der Waals surface area contributed by atoms with Gasteiger partial charge in [-0.05, 0) is 31.2 Å². The van der Waals surface area contributed by atoms with E-state index in [1.807, 2.05) is 20.2 Å². The fraction of sp³-hybridized carbons (Fsp3) is 0.308. The first-order chi connectivity index (χ1) is 8.54. The lowest BCUT2D eigenvalue weighted by atomic mass is 10.0. The summed E-state index contributed by atoms with van der Waals surface area (Å²) in [7, 11) is 3.68. The van der Waals surface area contributed by atoms with Gasteiger partial charge in [0, 0.05) is 7.05 Å². The summed E-state index contributed by atoms with van der Waals surface area (Å²) < 4.78 is 15.0. The SMILES string of the molecule is CNC(c1ccc(F)c(C)c1)c1c(Cl)cnn1C. The summed E-state index contributed by atoms with van der Waals surface area (Å²) in [6.07, 6.45) is 1.61. The second-order valence-corrected chi connectivity index (χ2v) is 4.64. The van der Waals surface area contributed by atoms with Gasteiger partial charge in [-0.15, -0.1) is 0 Å². The summed E-state index contributed by atoms with van der Waals surface area (Å²) in [6, 6.07) is 4.94. The van der Waals surface area contributed by atoms with Crippen LogP contribution in [0, 0.1) is 12.7 Å². The van der Waals surface area contributed by atoms with Gasteiger partial charge in [0.2, 0.25) is 0 Å². The van der Waals surface area contributed by atoms with Crippen LogP contribution in [0.4, 0.5) is 4.39 Å². The fourth-order valence-corrected chi connectivity index (χ4v) is 2.33. The van der Waals surface area contributed by atoms with E-state index < -0.39 is 0 Å². The Kier molecular flexibility index (Phi) is 3.68. The van der Waals surface area contributed by atoms with Gasteiger partial charge >= 0.3 is 0 Å². The van der Waals surface area contributed by atoms with Gasteiger partial charge in [-0.1, -0.05) is 23.7 Å². The van der Waals surface area contributed by atoms with Crippen molar-refractivity contribution in [2.75, 3.05) is 7.05 Å². The van der Waals surface area contributed by atoms with Crippen LogP contribution in [0.3, 0.4) is 0 Å². The first kappa shape index (κ1) is 13.1. The minimum absolute atomic E-state index is 0.107. The number of benzene rings is 1. The van der Waals surface area contributed by atoms with Crippen LogP contribution < -0.4 is 5.32 Å². The molecule has 0 fully saturated rings. The zero-order chi connectivity index (χ0) is 13.3. The van der Waals surface area contributed by atoms with Crippen molar-refractivity contribution in [1.82, 2.24) is 15.1 Å². The van der Waals surface area contributed by atoms with Crippen molar-refractivity contribution in [2.45, 2.75) is 13.0 Å². The van der Waals surface area contributed by atoms with Crippen LogP contribution in [0.15, 0.2) is 24.4 Å². The molecule has 2 rings (SSSR count). The Balaban J connectivity index is 2.48. The van der Waals surface area contributed by atoms with Gasteiger partial charge in [-0.2, -0.15) is 5.10 Å². The number of nitrogens with zero attached hydrogens (tertiary/aromatic N) is 2. The third-order valence-electron chi connectivity index (χ3n) is 3.02. The Morgan fingerprint density at radius 1 is 1.44 bits per heavy atom. The monoisotopic (exact) mass is 267 g/mol. The average Bonchev–Trinajstić information content (AvgIpc) is 2.66. The molecule has 0 bridgehead atoms. The zero-order valence-electron chi connectivity index (χ0n) is 10.5. The molecule has 0 aliphatic rings. The number of nitrogens with one attached hydrogen (secondary N) is 1. The minimum Gasteiger partial charge on any atom is -0.308 e. The Bertz CT molecular complexity index is 546. The van der Waals surface area contributed by atoms with Crippen molar-refractivity contribution < 1.29 is 4.39 Å². The third kappa shape index (κ3) is 2.26. The van der Waals surface area contributed by atoms with Crippen molar-refractivity contribution in [3.05, 3.63) is 52.1 Å². The van der Waals surface area contributed by atoms with Crippen LogP contribution >= 0.6 is 11.6 Å². The summed E-state index contributed by atoms with van der Waals surface area (Å²) in [6.45, 7) is 1.75. The fourth-order valence-electron chi connectivity index (χ4n) is 2.05. The molecule has 0 radical (unpaired) electrons. The standard InChI is InChI=1S/C13H15ClFN3/c1-8-6-9(4-5-11(8)15)12(16-2)13-10(14)7-17-18(13)3/h4-7,12,16H,1-3H3. The molecule has 5 heteroatoms. The van der Waals surface area contributed by atoms with Gasteiger partial charge in [-0.25, -0.2) is 4.39 Å². The molecule has 3 nitrogen and oxygen atoms in total. The van der Waals surface area contributed by atoms with Gasteiger partial charge < -0.3 is 5.32 Å². The van der Waals surface area contributed by atoms with Crippen LogP contribution in [-0.2, 0) is 7.05 Å². The second-order valence-electron chi connectivity index (χ2n) is 4.23. The molecule has 2 aromatic rings. The number of hydrogen-bond acceptors (Lipinski definition) is 2. The smallest absolute Gasteiger partial charge is 0.126 e. The summed E-state index contributed by atoms with van der Waals surface area (Å²) in [5.41, 5.74) is 2.44. The van der Waals surface area contributed by atoms with E-state index in [1.54, 1.807) is 23.9 Å². The molecule has 1 N–H and O–H groups in total. The third-order valence-corrected chi connectivity index (χ3v) is 3.31. The van der Waals surface area contributed by atoms with Crippen LogP contribution in [-0.4, -0.2) is 16.8 Å². The Labute approximate surface area is 111 Å². The molecule has 1 unspecified atom stereocenters. The average molecular weight is 268 g/mol. The largest absolute Gasteiger partial charge is 0.308 e. The molecule has 0 aliphatic heterocycles. The topological polar surface area (TPSA) is 29.9 Å². The maximum absolute atomic E-state index is 13.3. The van der Waals surface area contributed by atoms with E-state index in [9.17, 15) is 4.39 Å². The first-order valence-corrected chi connectivity index (χ1v) is 6.03. The number of aromatic nitrogens is 2. The molecule has 96 valence electrons. The maximum Gasteiger partial charge on any atom is 0.126 e. The van der Waals surface area contributed by atoms with E-state index >= 15 is 0 Å². The number of rotatable bonds is 3. The highest BCUT2D eigenvalue weighted by atomic mass is 35.5. The minimum atomic E-state index is -0.204. The van der Waals surface area contributed by atoms with E-state index in [0.29, 0.717) is 10.6 Å². The molecule has 0 aliphatic carbocycles. The normalized spacial score (nSPS) is 12.7. The van der Waals surface area contributed by atoms with E-state index in [4.69, 9.17) is 11.6 Å². The summed E-state index contributed by atoms with van der Waals surface area (Å²) in [5, 5.41) is 7.90. The van der Waals surface area contributed by atoms with Crippen molar-refractivity contribution >= 4 is 11.6 Å². The van der Waals surface area contributed by atoms with Crippen molar-refractivity contribution in [3.63, 3.8) is 0 Å². The first-order valence-electron chi connectivity index (χ1n) is 5.65. The number of halogens is 2. The quantitative estimate of drug-likeness (QED) is 0.927. The second kappa shape index (κ2) is 5.08. The van der Waals surface area contributed by atoms with Gasteiger partial charge in [0.25, 0.3) is 0 Å². The van der Waals surface area contributed by atoms with Gasteiger partial charge in [0.1, 0.15) is 5.82 Å². The molecular weight excluding hydrogens is 253 g/mol. The lowest BCUT2D eigenvalue weighted by Gasteiger charge is -2.18. The molecule has 1 atom stereocenters. The van der Waals surface area contributed by atoms with Crippen LogP contribution in [0.1, 0.15) is 22.9 Å². The molecule has 0 spiro atoms. The molecule has 0 amide bonds. The van der Waals surface area contributed by atoms with E-state index in [2.05, 4.69) is 10.4 Å². The van der Waals surface area contributed by atoms with Crippen LogP contribution in [0.25, 0.3) is 0 Å². The Hall–Kier alpha value is -1.39. The van der Waals surface area contributed by atoms with Crippen molar-refractivity contribution in [1.29, 1.82) is 0 Å². The molecule has 1 aromatic heterocycles. The molecule has 0 saturated heterocycles. The number of hydrogen-bond donors (Lipinski definition) is 1. The highest BCUT2D eigenvalue weighted by Crippen LogP contribution is 2.28. The Morgan fingerprint density at radius 2 is 2.17 bits per heavy atom. The predicted molar refractivity (Wildman–Crippen MR) is 70.3 cm³/mol. The van der Waals surface area contributed by atoms with Gasteiger partial charge in [0.05, 0.1) is 23.0 Å². The van der Waals surface area contributed by atoms with Gasteiger partial charge in [-0.3, -0.25) is 4.68 Å². The molecule has 1 aromatic carbocycles. The van der Waals surface area contributed by atoms with Crippen LogP contribution in [0.5, 0.6) is 0 Å². The molecule has 1 heterocycles. The molecule has 0 saturated carbocycles. The molecule has 18 heavy (non-hydrogen) atoms. The highest BCUT2D eigenvalue weighted by molar-refractivity contribution is 6.31. The summed E-state index contributed by atoms with van der Waals surface area (Å²) >= 11 is 6.14. The lowest BCUT2D eigenvalue weighted by molar-refractivity contribution is 0.596. The maximum atomic E-state index is 13.3. The Morgan fingerprint density at radius 3 is 2.67 bits per heavy atom. The van der Waals surface area contributed by atoms with Gasteiger partial charge in [0.15, 0.2) is 0 Å². The van der Waals surface area contributed by atoms with Crippen molar-refractivity contribution in [2.24, 2.45) is 7.05 Å². The van der Waals surface area contributed by atoms with Crippen molar-refractivity contribution in [3.8, 4) is 0 Å². The lowest BCUT2D eigenvalue weighted by Crippen LogP contribution is -2.21. The zero-order valence-corrected chi connectivity index (χ0v) is 11.3. The van der Waals surface area contributed by atoms with E-state index in [0.717, 1.165) is 11.3 Å². The summed E-state index contributed by atoms with van der Waals surface area (Å²) in [4.78, 5) is 0. The summed E-state index contributed by atoms with van der Waals surface area (Å²) in [5.74, 6) is -0.204. The number of aryl methyl sites for hydroxylation is 2. The van der Waals surface area contributed by atoms with E-state index in [1.165, 1.54) is 6.07 Å². The predicted octanol–water partition coefficient (Wildman–Crippen LogP) is 2.83. The van der Waals surface area contributed by atoms with Crippen LogP contribution in [0.2, 0.25) is 5.02 Å². The molecular formula is C13H15ClFN3.